The fourth-order valence-corrected chi connectivity index (χ4v) is 3.84. The smallest absolute Gasteiger partial charge is 0.444 e. The zero-order chi connectivity index (χ0) is 22.2. The summed E-state index contributed by atoms with van der Waals surface area (Å²) in [5.41, 5.74) is 1.20. The molecule has 0 spiro atoms. The van der Waals surface area contributed by atoms with E-state index in [0.29, 0.717) is 18.6 Å². The Morgan fingerprint density at radius 2 is 1.73 bits per heavy atom. The van der Waals surface area contributed by atoms with Crippen LogP contribution in [0, 0.1) is 0 Å². The lowest BCUT2D eigenvalue weighted by Gasteiger charge is -2.32. The van der Waals surface area contributed by atoms with Gasteiger partial charge in [-0.1, -0.05) is 24.3 Å². The summed E-state index contributed by atoms with van der Waals surface area (Å²) in [6.07, 6.45) is 2.73. The highest BCUT2D eigenvalue weighted by Gasteiger charge is 2.51. The SMILES string of the molecule is CC(C)(C)OC(=O)NCC[C@H]1CC[C@H](c2ccc(B3OC(C)(C)C(C)(C)O3)cc2)N1. The van der Waals surface area contributed by atoms with Crippen molar-refractivity contribution in [3.8, 4) is 0 Å². The summed E-state index contributed by atoms with van der Waals surface area (Å²) in [6, 6.07) is 9.28. The Morgan fingerprint density at radius 3 is 2.30 bits per heavy atom. The minimum atomic E-state index is -0.465. The zero-order valence-corrected chi connectivity index (χ0v) is 19.5. The van der Waals surface area contributed by atoms with Crippen LogP contribution in [0.1, 0.15) is 79.3 Å². The summed E-state index contributed by atoms with van der Waals surface area (Å²) in [5, 5.41) is 6.53. The van der Waals surface area contributed by atoms with Crippen LogP contribution < -0.4 is 16.1 Å². The summed E-state index contributed by atoms with van der Waals surface area (Å²) in [4.78, 5) is 11.8. The molecule has 2 N–H and O–H groups in total. The van der Waals surface area contributed by atoms with E-state index in [-0.39, 0.29) is 24.4 Å². The predicted molar refractivity (Wildman–Crippen MR) is 120 cm³/mol. The van der Waals surface area contributed by atoms with Crippen molar-refractivity contribution >= 4 is 18.7 Å². The summed E-state index contributed by atoms with van der Waals surface area (Å²) in [7, 11) is -0.327. The van der Waals surface area contributed by atoms with E-state index in [4.69, 9.17) is 14.0 Å². The molecule has 2 fully saturated rings. The lowest BCUT2D eigenvalue weighted by Crippen LogP contribution is -2.41. The quantitative estimate of drug-likeness (QED) is 0.717. The number of carbonyl (C=O) groups is 1. The molecule has 2 atom stereocenters. The van der Waals surface area contributed by atoms with Gasteiger partial charge in [-0.15, -0.1) is 0 Å². The molecule has 0 aromatic heterocycles. The highest BCUT2D eigenvalue weighted by molar-refractivity contribution is 6.62. The Hall–Kier alpha value is -1.57. The van der Waals surface area contributed by atoms with Crippen LogP contribution in [0.5, 0.6) is 0 Å². The van der Waals surface area contributed by atoms with Crippen LogP contribution in [-0.4, -0.2) is 42.6 Å². The number of hydrogen-bond donors (Lipinski definition) is 2. The van der Waals surface area contributed by atoms with Crippen molar-refractivity contribution in [2.45, 2.75) is 96.6 Å². The predicted octanol–water partition coefficient (Wildman–Crippen LogP) is 3.69. The average molecular weight is 416 g/mol. The van der Waals surface area contributed by atoms with Crippen molar-refractivity contribution in [1.82, 2.24) is 10.6 Å². The average Bonchev–Trinajstić information content (AvgIpc) is 3.16. The standard InChI is InChI=1S/C23H37BN2O4/c1-21(2,3)28-20(27)25-15-14-18-12-13-19(26-18)16-8-10-17(11-9-16)24-29-22(4,5)23(6,7)30-24/h8-11,18-19,26H,12-15H2,1-7H3,(H,25,27)/t18-,19-/m1/s1. The van der Waals surface area contributed by atoms with Crippen LogP contribution in [0.15, 0.2) is 24.3 Å². The van der Waals surface area contributed by atoms with Gasteiger partial charge in [0, 0.05) is 18.6 Å². The summed E-state index contributed by atoms with van der Waals surface area (Å²) >= 11 is 0. The number of hydrogen-bond acceptors (Lipinski definition) is 5. The molecule has 3 rings (SSSR count). The first-order valence-electron chi connectivity index (χ1n) is 11.0. The lowest BCUT2D eigenvalue weighted by molar-refractivity contribution is 0.00578. The van der Waals surface area contributed by atoms with Gasteiger partial charge in [0.25, 0.3) is 0 Å². The summed E-state index contributed by atoms with van der Waals surface area (Å²) in [5.74, 6) is 0. The Bertz CT molecular complexity index is 727. The minimum absolute atomic E-state index is 0.327. The van der Waals surface area contributed by atoms with Gasteiger partial charge in [-0.05, 0) is 78.8 Å². The molecule has 2 aliphatic rings. The summed E-state index contributed by atoms with van der Waals surface area (Å²) < 4.78 is 17.6. The normalized spacial score (nSPS) is 25.4. The van der Waals surface area contributed by atoms with Gasteiger partial charge in [-0.25, -0.2) is 4.79 Å². The van der Waals surface area contributed by atoms with E-state index in [9.17, 15) is 4.79 Å². The van der Waals surface area contributed by atoms with Gasteiger partial charge in [0.05, 0.1) is 11.2 Å². The number of nitrogens with one attached hydrogen (secondary N) is 2. The monoisotopic (exact) mass is 416 g/mol. The Labute approximate surface area is 181 Å². The minimum Gasteiger partial charge on any atom is -0.444 e. The van der Waals surface area contributed by atoms with E-state index in [1.54, 1.807) is 0 Å². The maximum atomic E-state index is 11.8. The van der Waals surface area contributed by atoms with Crippen molar-refractivity contribution in [2.24, 2.45) is 0 Å². The van der Waals surface area contributed by atoms with Gasteiger partial charge in [0.15, 0.2) is 0 Å². The van der Waals surface area contributed by atoms with Crippen LogP contribution in [0.3, 0.4) is 0 Å². The lowest BCUT2D eigenvalue weighted by atomic mass is 9.78. The van der Waals surface area contributed by atoms with E-state index in [0.717, 1.165) is 24.7 Å². The molecule has 166 valence electrons. The third-order valence-electron chi connectivity index (χ3n) is 6.27. The van der Waals surface area contributed by atoms with Crippen LogP contribution in [-0.2, 0) is 14.0 Å². The van der Waals surface area contributed by atoms with Crippen LogP contribution in [0.4, 0.5) is 4.79 Å². The van der Waals surface area contributed by atoms with Gasteiger partial charge in [0.1, 0.15) is 5.60 Å². The number of ether oxygens (including phenoxy) is 1. The maximum absolute atomic E-state index is 11.8. The second kappa shape index (κ2) is 8.52. The first-order chi connectivity index (χ1) is 13.9. The van der Waals surface area contributed by atoms with Crippen molar-refractivity contribution in [3.63, 3.8) is 0 Å². The Kier molecular flexibility index (Phi) is 6.56. The molecule has 2 aliphatic heterocycles. The maximum Gasteiger partial charge on any atom is 0.494 e. The molecule has 7 heteroatoms. The second-order valence-corrected chi connectivity index (χ2v) is 10.5. The van der Waals surface area contributed by atoms with Gasteiger partial charge in [0.2, 0.25) is 0 Å². The number of benzene rings is 1. The van der Waals surface area contributed by atoms with E-state index >= 15 is 0 Å². The fourth-order valence-electron chi connectivity index (χ4n) is 3.84. The van der Waals surface area contributed by atoms with E-state index in [1.165, 1.54) is 5.56 Å². The van der Waals surface area contributed by atoms with Gasteiger partial charge < -0.3 is 24.7 Å². The molecular weight excluding hydrogens is 379 g/mol. The van der Waals surface area contributed by atoms with Crippen LogP contribution in [0.25, 0.3) is 0 Å². The number of rotatable bonds is 5. The number of alkyl carbamates (subject to hydrolysis) is 1. The first-order valence-corrected chi connectivity index (χ1v) is 11.0. The molecule has 0 unspecified atom stereocenters. The third kappa shape index (κ3) is 5.57. The first kappa shape index (κ1) is 23.1. The molecule has 0 aliphatic carbocycles. The molecule has 1 aromatic carbocycles. The Balaban J connectivity index is 1.47. The summed E-state index contributed by atoms with van der Waals surface area (Å²) in [6.45, 7) is 14.5. The molecule has 6 nitrogen and oxygen atoms in total. The largest absolute Gasteiger partial charge is 0.494 e. The molecule has 1 amide bonds. The van der Waals surface area contributed by atoms with Crippen molar-refractivity contribution < 1.29 is 18.8 Å². The third-order valence-corrected chi connectivity index (χ3v) is 6.27. The highest BCUT2D eigenvalue weighted by atomic mass is 16.7. The molecule has 0 saturated carbocycles. The molecule has 2 saturated heterocycles. The van der Waals surface area contributed by atoms with Crippen molar-refractivity contribution in [1.29, 1.82) is 0 Å². The molecule has 0 radical (unpaired) electrons. The van der Waals surface area contributed by atoms with Gasteiger partial charge >= 0.3 is 13.2 Å². The second-order valence-electron chi connectivity index (χ2n) is 10.5. The zero-order valence-electron chi connectivity index (χ0n) is 19.5. The molecule has 30 heavy (non-hydrogen) atoms. The van der Waals surface area contributed by atoms with E-state index in [1.807, 2.05) is 20.8 Å². The molecule has 2 heterocycles. The van der Waals surface area contributed by atoms with Crippen molar-refractivity contribution in [3.05, 3.63) is 29.8 Å². The van der Waals surface area contributed by atoms with Crippen LogP contribution >= 0.6 is 0 Å². The number of amides is 1. The van der Waals surface area contributed by atoms with Crippen LogP contribution in [0.2, 0.25) is 0 Å². The Morgan fingerprint density at radius 1 is 1.13 bits per heavy atom. The van der Waals surface area contributed by atoms with Gasteiger partial charge in [-0.3, -0.25) is 0 Å². The van der Waals surface area contributed by atoms with E-state index in [2.05, 4.69) is 62.6 Å². The molecule has 0 bridgehead atoms. The molecule has 1 aromatic rings. The molecular formula is C23H37BN2O4. The number of carbonyl (C=O) groups excluding carboxylic acids is 1. The van der Waals surface area contributed by atoms with E-state index < -0.39 is 5.60 Å². The topological polar surface area (TPSA) is 68.8 Å². The highest BCUT2D eigenvalue weighted by Crippen LogP contribution is 2.36. The fraction of sp³-hybridized carbons (Fsp3) is 0.696. The van der Waals surface area contributed by atoms with Crippen molar-refractivity contribution in [2.75, 3.05) is 6.54 Å². The van der Waals surface area contributed by atoms with Gasteiger partial charge in [-0.2, -0.15) is 0 Å².